The molecule has 0 spiro atoms. The van der Waals surface area contributed by atoms with Gasteiger partial charge in [-0.15, -0.1) is 5.48 Å². The van der Waals surface area contributed by atoms with E-state index in [9.17, 15) is 4.79 Å². The number of nitrogens with one attached hydrogen (secondary N) is 1. The van der Waals surface area contributed by atoms with Crippen molar-refractivity contribution in [1.29, 1.82) is 0 Å². The van der Waals surface area contributed by atoms with Crippen molar-refractivity contribution < 1.29 is 14.4 Å². The lowest BCUT2D eigenvalue weighted by atomic mass is 10.0. The van der Waals surface area contributed by atoms with Gasteiger partial charge >= 0.3 is 5.97 Å². The fraction of sp³-hybridized carbons (Fsp3) is 0.462. The predicted molar refractivity (Wildman–Crippen MR) is 63.5 cm³/mol. The van der Waals surface area contributed by atoms with Crippen LogP contribution in [0.2, 0.25) is 0 Å². The predicted octanol–water partition coefficient (Wildman–Crippen LogP) is 1.84. The molecule has 4 heteroatoms. The van der Waals surface area contributed by atoms with Gasteiger partial charge < -0.3 is 9.57 Å². The van der Waals surface area contributed by atoms with Gasteiger partial charge in [0, 0.05) is 6.42 Å². The van der Waals surface area contributed by atoms with Gasteiger partial charge in [0.25, 0.3) is 0 Å². The second-order valence-corrected chi connectivity index (χ2v) is 5.12. The van der Waals surface area contributed by atoms with Crippen LogP contribution >= 0.6 is 0 Å². The minimum absolute atomic E-state index is 0.285. The molecule has 4 nitrogen and oxygen atoms in total. The molecule has 0 aromatic heterocycles. The first-order valence-corrected chi connectivity index (χ1v) is 5.69. The van der Waals surface area contributed by atoms with Crippen molar-refractivity contribution in [1.82, 2.24) is 5.48 Å². The van der Waals surface area contributed by atoms with Gasteiger partial charge in [-0.25, -0.2) is 0 Å². The normalized spacial score (nSPS) is 19.1. The number of para-hydroxylation sites is 1. The zero-order valence-electron chi connectivity index (χ0n) is 10.3. The Kier molecular flexibility index (Phi) is 3.07. The number of fused-ring (bicyclic) bond motifs is 1. The Hall–Kier alpha value is -1.55. The number of ether oxygens (including phenoxy) is 1. The maximum Gasteiger partial charge on any atom is 0.327 e. The second kappa shape index (κ2) is 4.37. The maximum absolute atomic E-state index is 11.9. The molecule has 1 unspecified atom stereocenters. The summed E-state index contributed by atoms with van der Waals surface area (Å²) in [4.78, 5) is 17.2. The Morgan fingerprint density at radius 3 is 2.82 bits per heavy atom. The summed E-state index contributed by atoms with van der Waals surface area (Å²) in [6, 6.07) is 7.21. The number of carbonyl (C=O) groups excluding carboxylic acids is 1. The lowest BCUT2D eigenvalue weighted by Gasteiger charge is -2.27. The van der Waals surface area contributed by atoms with Gasteiger partial charge in [0.05, 0.1) is 0 Å². The highest BCUT2D eigenvalue weighted by Gasteiger charge is 2.29. The zero-order chi connectivity index (χ0) is 12.5. The second-order valence-electron chi connectivity index (χ2n) is 5.12. The van der Waals surface area contributed by atoms with E-state index in [1.54, 1.807) is 0 Å². The molecule has 1 aromatic rings. The average Bonchev–Trinajstić information content (AvgIpc) is 2.26. The van der Waals surface area contributed by atoms with E-state index in [1.165, 1.54) is 0 Å². The molecule has 0 radical (unpaired) electrons. The molecule has 0 fully saturated rings. The van der Waals surface area contributed by atoms with Gasteiger partial charge in [0.15, 0.2) is 0 Å². The molecule has 1 N–H and O–H groups in total. The minimum atomic E-state index is -0.476. The number of esters is 1. The van der Waals surface area contributed by atoms with E-state index in [0.717, 1.165) is 11.3 Å². The molecule has 1 aliphatic rings. The number of rotatable bonds is 1. The van der Waals surface area contributed by atoms with E-state index < -0.39 is 11.6 Å². The van der Waals surface area contributed by atoms with Crippen molar-refractivity contribution in [3.8, 4) is 5.75 Å². The Labute approximate surface area is 101 Å². The summed E-state index contributed by atoms with van der Waals surface area (Å²) in [5.41, 5.74) is 3.26. The Morgan fingerprint density at radius 1 is 1.41 bits per heavy atom. The van der Waals surface area contributed by atoms with E-state index in [1.807, 2.05) is 45.0 Å². The van der Waals surface area contributed by atoms with Crippen LogP contribution in [0.25, 0.3) is 0 Å². The van der Waals surface area contributed by atoms with Gasteiger partial charge in [-0.05, 0) is 32.4 Å². The van der Waals surface area contributed by atoms with Gasteiger partial charge in [-0.2, -0.15) is 0 Å². The Bertz CT molecular complexity index is 423. The van der Waals surface area contributed by atoms with Crippen molar-refractivity contribution in [3.63, 3.8) is 0 Å². The van der Waals surface area contributed by atoms with E-state index in [4.69, 9.17) is 9.57 Å². The summed E-state index contributed by atoms with van der Waals surface area (Å²) < 4.78 is 5.31. The standard InChI is InChI=1S/C13H17NO3/c1-13(2,3)16-12(15)10-8-9-6-4-5-7-11(9)17-14-10/h4-7,10,14H,8H2,1-3H3. The zero-order valence-corrected chi connectivity index (χ0v) is 10.3. The third-order valence-corrected chi connectivity index (χ3v) is 2.40. The highest BCUT2D eigenvalue weighted by molar-refractivity contribution is 5.77. The number of benzene rings is 1. The molecule has 0 bridgehead atoms. The number of carbonyl (C=O) groups is 1. The SMILES string of the molecule is CC(C)(C)OC(=O)C1Cc2ccccc2ON1. The van der Waals surface area contributed by atoms with Crippen molar-refractivity contribution in [2.24, 2.45) is 0 Å². The van der Waals surface area contributed by atoms with Crippen molar-refractivity contribution in [2.45, 2.75) is 38.8 Å². The maximum atomic E-state index is 11.9. The fourth-order valence-electron chi connectivity index (χ4n) is 1.67. The molecule has 0 saturated carbocycles. The largest absolute Gasteiger partial charge is 0.459 e. The van der Waals surface area contributed by atoms with Crippen LogP contribution in [-0.2, 0) is 16.0 Å². The van der Waals surface area contributed by atoms with Crippen molar-refractivity contribution in [3.05, 3.63) is 29.8 Å². The first-order valence-electron chi connectivity index (χ1n) is 5.69. The Balaban J connectivity index is 2.05. The van der Waals surface area contributed by atoms with E-state index >= 15 is 0 Å². The first kappa shape index (κ1) is 11.9. The van der Waals surface area contributed by atoms with Gasteiger partial charge in [-0.1, -0.05) is 18.2 Å². The lowest BCUT2D eigenvalue weighted by molar-refractivity contribution is -0.160. The van der Waals surface area contributed by atoms with Crippen LogP contribution in [0, 0.1) is 0 Å². The van der Waals surface area contributed by atoms with Gasteiger partial charge in [0.2, 0.25) is 0 Å². The molecular weight excluding hydrogens is 218 g/mol. The molecule has 1 aromatic carbocycles. The van der Waals surface area contributed by atoms with E-state index in [2.05, 4.69) is 5.48 Å². The topological polar surface area (TPSA) is 47.6 Å². The molecule has 2 rings (SSSR count). The van der Waals surface area contributed by atoms with Crippen LogP contribution in [0.5, 0.6) is 5.75 Å². The summed E-state index contributed by atoms with van der Waals surface area (Å²) >= 11 is 0. The van der Waals surface area contributed by atoms with Crippen LogP contribution in [-0.4, -0.2) is 17.6 Å². The van der Waals surface area contributed by atoms with Crippen LogP contribution < -0.4 is 10.3 Å². The lowest BCUT2D eigenvalue weighted by Crippen LogP contribution is -2.46. The van der Waals surface area contributed by atoms with Crippen molar-refractivity contribution >= 4 is 5.97 Å². The van der Waals surface area contributed by atoms with Crippen LogP contribution in [0.15, 0.2) is 24.3 Å². The molecule has 0 saturated heterocycles. The minimum Gasteiger partial charge on any atom is -0.459 e. The molecule has 0 amide bonds. The highest BCUT2D eigenvalue weighted by atomic mass is 16.7. The third-order valence-electron chi connectivity index (χ3n) is 2.40. The van der Waals surface area contributed by atoms with E-state index in [-0.39, 0.29) is 5.97 Å². The quantitative estimate of drug-likeness (QED) is 0.754. The Morgan fingerprint density at radius 2 is 2.12 bits per heavy atom. The van der Waals surface area contributed by atoms with E-state index in [0.29, 0.717) is 6.42 Å². The molecule has 92 valence electrons. The molecule has 1 atom stereocenters. The van der Waals surface area contributed by atoms with Crippen molar-refractivity contribution in [2.75, 3.05) is 0 Å². The van der Waals surface area contributed by atoms with Crippen LogP contribution in [0.4, 0.5) is 0 Å². The average molecular weight is 235 g/mol. The summed E-state index contributed by atoms with van der Waals surface area (Å²) in [5.74, 6) is 0.485. The molecule has 17 heavy (non-hydrogen) atoms. The van der Waals surface area contributed by atoms with Gasteiger partial charge in [-0.3, -0.25) is 4.79 Å². The highest BCUT2D eigenvalue weighted by Crippen LogP contribution is 2.23. The first-order chi connectivity index (χ1) is 7.96. The molecule has 0 aliphatic carbocycles. The monoisotopic (exact) mass is 235 g/mol. The van der Waals surface area contributed by atoms with Gasteiger partial charge in [0.1, 0.15) is 17.4 Å². The molecular formula is C13H17NO3. The number of hydrogen-bond donors (Lipinski definition) is 1. The number of hydroxylamine groups is 1. The smallest absolute Gasteiger partial charge is 0.327 e. The van der Waals surface area contributed by atoms with Crippen LogP contribution in [0.3, 0.4) is 0 Å². The summed E-state index contributed by atoms with van der Waals surface area (Å²) in [6.07, 6.45) is 0.588. The fourth-order valence-corrected chi connectivity index (χ4v) is 1.67. The summed E-state index contributed by atoms with van der Waals surface area (Å²) in [7, 11) is 0. The third kappa shape index (κ3) is 2.97. The summed E-state index contributed by atoms with van der Waals surface area (Å²) in [5, 5.41) is 0. The molecule has 1 aliphatic heterocycles. The summed E-state index contributed by atoms with van der Waals surface area (Å²) in [6.45, 7) is 5.55. The van der Waals surface area contributed by atoms with Crippen LogP contribution in [0.1, 0.15) is 26.3 Å². The molecule has 1 heterocycles. The number of hydrogen-bond acceptors (Lipinski definition) is 4.